The first-order valence-electron chi connectivity index (χ1n) is 7.70. The van der Waals surface area contributed by atoms with Gasteiger partial charge in [-0.2, -0.15) is 0 Å². The van der Waals surface area contributed by atoms with Crippen LogP contribution in [0.1, 0.15) is 23.1 Å². The Kier molecular flexibility index (Phi) is 4.30. The maximum Gasteiger partial charge on any atom is 0.179 e. The van der Waals surface area contributed by atoms with Crippen LogP contribution in [0.4, 0.5) is 0 Å². The summed E-state index contributed by atoms with van der Waals surface area (Å²) in [7, 11) is 1.59. The van der Waals surface area contributed by atoms with Gasteiger partial charge in [0.15, 0.2) is 11.9 Å². The molecule has 118 valence electrons. The molecule has 1 atom stereocenters. The maximum atomic E-state index is 12.2. The van der Waals surface area contributed by atoms with Gasteiger partial charge in [0.05, 0.1) is 6.61 Å². The molecule has 0 radical (unpaired) electrons. The van der Waals surface area contributed by atoms with Crippen molar-refractivity contribution >= 4 is 28.7 Å². The number of hydrogen-bond donors (Lipinski definition) is 0. The van der Waals surface area contributed by atoms with Gasteiger partial charge in [-0.3, -0.25) is 4.79 Å². The number of methoxy groups -OCH3 is 1. The average Bonchev–Trinajstić information content (AvgIpc) is 2.59. The number of benzene rings is 2. The summed E-state index contributed by atoms with van der Waals surface area (Å²) < 4.78 is 11.0. The Morgan fingerprint density at radius 1 is 1.35 bits per heavy atom. The summed E-state index contributed by atoms with van der Waals surface area (Å²) >= 11 is 0. The minimum atomic E-state index is -0.539. The summed E-state index contributed by atoms with van der Waals surface area (Å²) in [4.78, 5) is 12.2. The molecule has 0 saturated heterocycles. The van der Waals surface area contributed by atoms with Crippen LogP contribution in [0.5, 0.6) is 5.75 Å². The van der Waals surface area contributed by atoms with Gasteiger partial charge < -0.3 is 9.47 Å². The van der Waals surface area contributed by atoms with E-state index in [4.69, 9.17) is 9.47 Å². The molecule has 0 N–H and O–H groups in total. The van der Waals surface area contributed by atoms with E-state index in [0.717, 1.165) is 27.6 Å². The van der Waals surface area contributed by atoms with Crippen LogP contribution in [0.25, 0.3) is 22.9 Å². The van der Waals surface area contributed by atoms with Crippen LogP contribution < -0.4 is 4.74 Å². The second-order valence-electron chi connectivity index (χ2n) is 5.73. The number of rotatable bonds is 5. The highest BCUT2D eigenvalue weighted by molar-refractivity contribution is 5.97. The fraction of sp³-hybridized carbons (Fsp3) is 0.250. The molecule has 0 fully saturated rings. The van der Waals surface area contributed by atoms with E-state index >= 15 is 0 Å². The molecule has 0 saturated carbocycles. The van der Waals surface area contributed by atoms with Gasteiger partial charge in [-0.25, -0.2) is 0 Å². The number of carbonyl (C=O) groups is 1. The Balaban J connectivity index is 2.02. The van der Waals surface area contributed by atoms with E-state index in [1.165, 1.54) is 5.56 Å². The second kappa shape index (κ2) is 6.39. The summed E-state index contributed by atoms with van der Waals surface area (Å²) in [6, 6.07) is 8.24. The van der Waals surface area contributed by atoms with E-state index < -0.39 is 6.10 Å². The Morgan fingerprint density at radius 3 is 2.91 bits per heavy atom. The highest BCUT2D eigenvalue weighted by Crippen LogP contribution is 2.37. The predicted octanol–water partition coefficient (Wildman–Crippen LogP) is 4.17. The van der Waals surface area contributed by atoms with Gasteiger partial charge in [0.1, 0.15) is 5.75 Å². The molecule has 2 aromatic rings. The van der Waals surface area contributed by atoms with Crippen molar-refractivity contribution in [3.05, 3.63) is 53.6 Å². The monoisotopic (exact) mass is 308 g/mol. The zero-order valence-corrected chi connectivity index (χ0v) is 13.5. The van der Waals surface area contributed by atoms with Crippen LogP contribution >= 0.6 is 0 Å². The minimum absolute atomic E-state index is 0.0326. The average molecular weight is 308 g/mol. The first kappa shape index (κ1) is 15.5. The van der Waals surface area contributed by atoms with Crippen LogP contribution in [0.3, 0.4) is 0 Å². The molecular formula is C20H20O3. The third-order valence-corrected chi connectivity index (χ3v) is 4.15. The zero-order valence-electron chi connectivity index (χ0n) is 13.5. The summed E-state index contributed by atoms with van der Waals surface area (Å²) in [5.41, 5.74) is 3.26. The first-order chi connectivity index (χ1) is 11.1. The topological polar surface area (TPSA) is 35.5 Å². The van der Waals surface area contributed by atoms with Crippen LogP contribution in [-0.2, 0) is 9.53 Å². The van der Waals surface area contributed by atoms with Gasteiger partial charge in [-0.15, -0.1) is 0 Å². The van der Waals surface area contributed by atoms with E-state index in [1.54, 1.807) is 7.11 Å². The fourth-order valence-electron chi connectivity index (χ4n) is 2.88. The molecule has 23 heavy (non-hydrogen) atoms. The lowest BCUT2D eigenvalue weighted by Gasteiger charge is -2.23. The van der Waals surface area contributed by atoms with Crippen molar-refractivity contribution in [2.45, 2.75) is 19.4 Å². The molecule has 0 bridgehead atoms. The minimum Gasteiger partial charge on any atom is -0.477 e. The third-order valence-electron chi connectivity index (χ3n) is 4.15. The van der Waals surface area contributed by atoms with Gasteiger partial charge in [-0.1, -0.05) is 30.9 Å². The Hall–Kier alpha value is -2.39. The van der Waals surface area contributed by atoms with E-state index in [0.29, 0.717) is 13.0 Å². The largest absolute Gasteiger partial charge is 0.477 e. The number of fused-ring (bicyclic) bond motifs is 3. The summed E-state index contributed by atoms with van der Waals surface area (Å²) in [6.45, 7) is 6.32. The first-order valence-corrected chi connectivity index (χ1v) is 7.70. The number of Topliss-reactive ketones (excluding diaryl/α,β-unsaturated/α-hetero) is 1. The van der Waals surface area contributed by atoms with Crippen molar-refractivity contribution in [2.24, 2.45) is 0 Å². The number of aryl methyl sites for hydroxylation is 1. The summed E-state index contributed by atoms with van der Waals surface area (Å²) in [5.74, 6) is 0.810. The zero-order chi connectivity index (χ0) is 16.4. The quantitative estimate of drug-likeness (QED) is 0.831. The number of hydrogen-bond acceptors (Lipinski definition) is 3. The number of ether oxygens (including phenoxy) is 2. The highest BCUT2D eigenvalue weighted by Gasteiger charge is 2.23. The molecule has 0 amide bonds. The van der Waals surface area contributed by atoms with Crippen molar-refractivity contribution in [1.82, 2.24) is 0 Å². The Bertz CT molecular complexity index is 802. The molecule has 1 heterocycles. The van der Waals surface area contributed by atoms with Gasteiger partial charge in [0.25, 0.3) is 0 Å². The molecule has 1 aliphatic heterocycles. The molecule has 2 aromatic carbocycles. The van der Waals surface area contributed by atoms with Crippen molar-refractivity contribution in [3.8, 4) is 5.75 Å². The van der Waals surface area contributed by atoms with Crippen molar-refractivity contribution in [2.75, 3.05) is 13.7 Å². The smallest absolute Gasteiger partial charge is 0.179 e. The SMILES string of the molecule is C=Cc1ccc2c3c(cc(C)c2c1)C=CC(C(=O)CCOC)O3. The molecule has 1 unspecified atom stereocenters. The Labute approximate surface area is 136 Å². The third kappa shape index (κ3) is 2.92. The van der Waals surface area contributed by atoms with Crippen LogP contribution in [-0.4, -0.2) is 25.6 Å². The van der Waals surface area contributed by atoms with Crippen molar-refractivity contribution < 1.29 is 14.3 Å². The summed E-state index contributed by atoms with van der Waals surface area (Å²) in [5, 5.41) is 2.15. The van der Waals surface area contributed by atoms with E-state index in [1.807, 2.05) is 30.4 Å². The van der Waals surface area contributed by atoms with Gasteiger partial charge in [-0.05, 0) is 41.6 Å². The molecule has 0 aromatic heterocycles. The fourth-order valence-corrected chi connectivity index (χ4v) is 2.88. The number of carbonyl (C=O) groups excluding carboxylic acids is 1. The molecule has 0 spiro atoms. The second-order valence-corrected chi connectivity index (χ2v) is 5.73. The van der Waals surface area contributed by atoms with E-state index in [9.17, 15) is 4.79 Å². The van der Waals surface area contributed by atoms with Crippen LogP contribution in [0, 0.1) is 6.92 Å². The highest BCUT2D eigenvalue weighted by atomic mass is 16.5. The Morgan fingerprint density at radius 2 is 2.17 bits per heavy atom. The molecule has 1 aliphatic rings. The summed E-state index contributed by atoms with van der Waals surface area (Å²) in [6.07, 6.45) is 5.44. The van der Waals surface area contributed by atoms with E-state index in [-0.39, 0.29) is 5.78 Å². The lowest BCUT2D eigenvalue weighted by atomic mass is 9.96. The lowest BCUT2D eigenvalue weighted by Crippen LogP contribution is -2.28. The standard InChI is InChI=1S/C20H20O3/c1-4-14-5-7-16-17(12-14)13(2)11-15-6-8-19(23-20(15)16)18(21)9-10-22-3/h4-8,11-12,19H,1,9-10H2,2-3H3. The molecule has 0 aliphatic carbocycles. The van der Waals surface area contributed by atoms with Crippen molar-refractivity contribution in [3.63, 3.8) is 0 Å². The van der Waals surface area contributed by atoms with Crippen LogP contribution in [0.2, 0.25) is 0 Å². The lowest BCUT2D eigenvalue weighted by molar-refractivity contribution is -0.124. The molecule has 3 heteroatoms. The molecule has 3 nitrogen and oxygen atoms in total. The van der Waals surface area contributed by atoms with E-state index in [2.05, 4.69) is 25.6 Å². The normalized spacial score (nSPS) is 16.0. The molecular weight excluding hydrogens is 288 g/mol. The number of ketones is 1. The van der Waals surface area contributed by atoms with Gasteiger partial charge in [0, 0.05) is 24.5 Å². The molecule has 3 rings (SSSR count). The van der Waals surface area contributed by atoms with Gasteiger partial charge in [0.2, 0.25) is 0 Å². The van der Waals surface area contributed by atoms with Crippen molar-refractivity contribution in [1.29, 1.82) is 0 Å². The van der Waals surface area contributed by atoms with Crippen LogP contribution in [0.15, 0.2) is 36.9 Å². The predicted molar refractivity (Wildman–Crippen MR) is 93.7 cm³/mol. The van der Waals surface area contributed by atoms with Gasteiger partial charge >= 0.3 is 0 Å². The maximum absolute atomic E-state index is 12.2.